The molecule has 1 fully saturated rings. The van der Waals surface area contributed by atoms with Crippen LogP contribution in [0.2, 0.25) is 0 Å². The summed E-state index contributed by atoms with van der Waals surface area (Å²) in [6.07, 6.45) is 1.44. The van der Waals surface area contributed by atoms with Gasteiger partial charge in [-0.15, -0.1) is 0 Å². The average molecular weight is 416 g/mol. The molecule has 0 N–H and O–H groups in total. The summed E-state index contributed by atoms with van der Waals surface area (Å²) < 4.78 is 19.0. The number of aromatic nitrogens is 1. The fourth-order valence-corrected chi connectivity index (χ4v) is 3.21. The molecule has 1 aliphatic heterocycles. The molecule has 0 atom stereocenters. The Labute approximate surface area is 172 Å². The van der Waals surface area contributed by atoms with Crippen molar-refractivity contribution in [2.45, 2.75) is 13.8 Å². The number of hydrogen-bond donors (Lipinski definition) is 0. The number of anilines is 1. The Bertz CT molecular complexity index is 972. The molecule has 3 rings (SSSR count). The lowest BCUT2D eigenvalue weighted by atomic mass is 10.1. The molecule has 0 spiro atoms. The van der Waals surface area contributed by atoms with Crippen LogP contribution in [-0.2, 0) is 4.74 Å². The molecule has 30 heavy (non-hydrogen) atoms. The first-order chi connectivity index (χ1) is 14.3. The first-order valence-electron chi connectivity index (χ1n) is 9.43. The van der Waals surface area contributed by atoms with Crippen LogP contribution in [0, 0.1) is 22.9 Å². The zero-order valence-electron chi connectivity index (χ0n) is 16.6. The Morgan fingerprint density at radius 1 is 1.20 bits per heavy atom. The maximum Gasteiger partial charge on any atom is 0.339 e. The number of carbonyl (C=O) groups excluding carboxylic acids is 2. The lowest BCUT2D eigenvalue weighted by Crippen LogP contribution is -2.49. The molecule has 0 unspecified atom stereocenters. The molecule has 9 nitrogen and oxygen atoms in total. The Morgan fingerprint density at radius 3 is 2.47 bits per heavy atom. The molecule has 1 aromatic heterocycles. The van der Waals surface area contributed by atoms with Gasteiger partial charge in [0.1, 0.15) is 11.6 Å². The van der Waals surface area contributed by atoms with Crippen molar-refractivity contribution in [2.24, 2.45) is 0 Å². The summed E-state index contributed by atoms with van der Waals surface area (Å²) >= 11 is 0. The van der Waals surface area contributed by atoms with Crippen molar-refractivity contribution >= 4 is 23.4 Å². The highest BCUT2D eigenvalue weighted by Gasteiger charge is 2.26. The summed E-state index contributed by atoms with van der Waals surface area (Å²) in [5, 5.41) is 11.1. The van der Waals surface area contributed by atoms with E-state index in [1.165, 1.54) is 18.0 Å². The van der Waals surface area contributed by atoms with Gasteiger partial charge in [-0.25, -0.2) is 14.2 Å². The molecule has 0 aliphatic carbocycles. The normalized spacial score (nSPS) is 13.8. The lowest BCUT2D eigenvalue weighted by Gasteiger charge is -2.35. The van der Waals surface area contributed by atoms with Gasteiger partial charge in [-0.05, 0) is 32.0 Å². The van der Waals surface area contributed by atoms with Crippen molar-refractivity contribution in [3.05, 3.63) is 63.1 Å². The van der Waals surface area contributed by atoms with Crippen LogP contribution in [0.15, 0.2) is 30.5 Å². The van der Waals surface area contributed by atoms with Crippen molar-refractivity contribution in [1.29, 1.82) is 0 Å². The lowest BCUT2D eigenvalue weighted by molar-refractivity contribution is -0.385. The van der Waals surface area contributed by atoms with Crippen molar-refractivity contribution in [3.8, 4) is 0 Å². The minimum absolute atomic E-state index is 0.0461. The molecule has 2 heterocycles. The number of halogens is 1. The zero-order chi connectivity index (χ0) is 21.8. The number of hydrogen-bond acceptors (Lipinski definition) is 7. The fourth-order valence-electron chi connectivity index (χ4n) is 3.21. The molecule has 0 bridgehead atoms. The number of carbonyl (C=O) groups is 2. The first kappa shape index (κ1) is 21.2. The van der Waals surface area contributed by atoms with Crippen LogP contribution in [0.3, 0.4) is 0 Å². The number of pyridine rings is 1. The number of nitro benzene ring substituents is 1. The Balaban J connectivity index is 1.66. The highest BCUT2D eigenvalue weighted by molar-refractivity contribution is 5.95. The molecule has 0 radical (unpaired) electrons. The maximum absolute atomic E-state index is 14.0. The topological polar surface area (TPSA) is 106 Å². The summed E-state index contributed by atoms with van der Waals surface area (Å²) in [7, 11) is 0. The van der Waals surface area contributed by atoms with E-state index < -0.39 is 28.3 Å². The fraction of sp³-hybridized carbons (Fsp3) is 0.350. The highest BCUT2D eigenvalue weighted by Crippen LogP contribution is 2.24. The van der Waals surface area contributed by atoms with Gasteiger partial charge in [0.2, 0.25) is 0 Å². The number of ether oxygens (including phenoxy) is 1. The quantitative estimate of drug-likeness (QED) is 0.419. The predicted molar refractivity (Wildman–Crippen MR) is 106 cm³/mol. The molecule has 0 saturated carbocycles. The monoisotopic (exact) mass is 416 g/mol. The third-order valence-electron chi connectivity index (χ3n) is 4.91. The third-order valence-corrected chi connectivity index (χ3v) is 4.91. The van der Waals surface area contributed by atoms with Gasteiger partial charge in [0.25, 0.3) is 11.6 Å². The minimum Gasteiger partial charge on any atom is -0.462 e. The van der Waals surface area contributed by atoms with Gasteiger partial charge in [0, 0.05) is 44.0 Å². The smallest absolute Gasteiger partial charge is 0.339 e. The number of nitrogens with zero attached hydrogens (tertiary/aromatic N) is 4. The number of benzene rings is 1. The number of amides is 1. The van der Waals surface area contributed by atoms with Gasteiger partial charge in [-0.3, -0.25) is 14.9 Å². The van der Waals surface area contributed by atoms with Crippen LogP contribution in [0.4, 0.5) is 15.9 Å². The summed E-state index contributed by atoms with van der Waals surface area (Å²) in [5.41, 5.74) is -0.200. The number of esters is 1. The van der Waals surface area contributed by atoms with Gasteiger partial charge in [-0.1, -0.05) is 0 Å². The van der Waals surface area contributed by atoms with Gasteiger partial charge in [-0.2, -0.15) is 0 Å². The van der Waals surface area contributed by atoms with Crippen molar-refractivity contribution in [1.82, 2.24) is 9.88 Å². The van der Waals surface area contributed by atoms with Crippen LogP contribution in [0.1, 0.15) is 33.2 Å². The van der Waals surface area contributed by atoms with Crippen LogP contribution < -0.4 is 4.90 Å². The van der Waals surface area contributed by atoms with Crippen LogP contribution in [0.25, 0.3) is 0 Å². The number of rotatable bonds is 5. The van der Waals surface area contributed by atoms with Gasteiger partial charge in [0.05, 0.1) is 22.7 Å². The number of nitro groups is 1. The summed E-state index contributed by atoms with van der Waals surface area (Å²) in [5.74, 6) is -1.02. The first-order valence-corrected chi connectivity index (χ1v) is 9.43. The van der Waals surface area contributed by atoms with Gasteiger partial charge >= 0.3 is 5.97 Å². The number of piperazine rings is 1. The van der Waals surface area contributed by atoms with Crippen LogP contribution in [0.5, 0.6) is 0 Å². The predicted octanol–water partition coefficient (Wildman–Crippen LogP) is 2.58. The average Bonchev–Trinajstić information content (AvgIpc) is 2.75. The van der Waals surface area contributed by atoms with E-state index in [-0.39, 0.29) is 17.7 Å². The van der Waals surface area contributed by atoms with Gasteiger partial charge < -0.3 is 14.5 Å². The Morgan fingerprint density at radius 2 is 1.90 bits per heavy atom. The molecule has 158 valence electrons. The standard InChI is InChI=1S/C20H21FN4O5/c1-3-30-20(27)14-4-5-18(22-12-14)23-6-8-24(9-7-23)19(26)15-10-16(21)13(2)17(11-15)25(28)29/h4-5,10-12H,3,6-9H2,1-2H3. The molecular formula is C20H21FN4O5. The molecule has 1 amide bonds. The van der Waals surface area contributed by atoms with E-state index >= 15 is 0 Å². The molecule has 1 aromatic carbocycles. The Hall–Kier alpha value is -3.56. The molecule has 1 aliphatic rings. The van der Waals surface area contributed by atoms with E-state index in [1.54, 1.807) is 19.1 Å². The molecule has 10 heteroatoms. The largest absolute Gasteiger partial charge is 0.462 e. The third kappa shape index (κ3) is 4.37. The summed E-state index contributed by atoms with van der Waals surface area (Å²) in [4.78, 5) is 42.6. The van der Waals surface area contributed by atoms with Crippen molar-refractivity contribution in [2.75, 3.05) is 37.7 Å². The van der Waals surface area contributed by atoms with Crippen LogP contribution in [-0.4, -0.2) is 59.5 Å². The minimum atomic E-state index is -0.780. The van der Waals surface area contributed by atoms with Crippen molar-refractivity contribution < 1.29 is 23.6 Å². The van der Waals surface area contributed by atoms with E-state index in [9.17, 15) is 24.1 Å². The zero-order valence-corrected chi connectivity index (χ0v) is 16.6. The SMILES string of the molecule is CCOC(=O)c1ccc(N2CCN(C(=O)c3cc(F)c(C)c([N+](=O)[O-])c3)CC2)nc1. The summed E-state index contributed by atoms with van der Waals surface area (Å²) in [6, 6.07) is 5.49. The van der Waals surface area contributed by atoms with Crippen LogP contribution >= 0.6 is 0 Å². The van der Waals surface area contributed by atoms with E-state index in [0.29, 0.717) is 37.6 Å². The molecule has 1 saturated heterocycles. The highest BCUT2D eigenvalue weighted by atomic mass is 19.1. The molecular weight excluding hydrogens is 395 g/mol. The second kappa shape index (κ2) is 8.85. The second-order valence-electron chi connectivity index (χ2n) is 6.76. The summed E-state index contributed by atoms with van der Waals surface area (Å²) in [6.45, 7) is 4.98. The van der Waals surface area contributed by atoms with E-state index in [2.05, 4.69) is 4.98 Å². The van der Waals surface area contributed by atoms with E-state index in [0.717, 1.165) is 12.1 Å². The van der Waals surface area contributed by atoms with Crippen molar-refractivity contribution in [3.63, 3.8) is 0 Å². The second-order valence-corrected chi connectivity index (χ2v) is 6.76. The van der Waals surface area contributed by atoms with E-state index in [4.69, 9.17) is 4.74 Å². The maximum atomic E-state index is 14.0. The van der Waals surface area contributed by atoms with Gasteiger partial charge in [0.15, 0.2) is 0 Å². The molecule has 2 aromatic rings. The van der Waals surface area contributed by atoms with E-state index in [1.807, 2.05) is 4.90 Å². The Kier molecular flexibility index (Phi) is 6.24.